The van der Waals surface area contributed by atoms with E-state index in [1.165, 1.54) is 37.1 Å². The van der Waals surface area contributed by atoms with Crippen LogP contribution in [0.4, 0.5) is 0 Å². The highest BCUT2D eigenvalue weighted by Crippen LogP contribution is 2.30. The van der Waals surface area contributed by atoms with E-state index in [2.05, 4.69) is 0 Å². The molecule has 1 aromatic carbocycles. The number of carbonyl (C=O) groups is 2. The van der Waals surface area contributed by atoms with Gasteiger partial charge in [0.25, 0.3) is 5.91 Å². The van der Waals surface area contributed by atoms with Crippen LogP contribution >= 0.6 is 0 Å². The zero-order chi connectivity index (χ0) is 20.9. The minimum absolute atomic E-state index is 0.0779. The maximum absolute atomic E-state index is 13.0. The van der Waals surface area contributed by atoms with E-state index in [9.17, 15) is 18.0 Å². The van der Waals surface area contributed by atoms with Crippen LogP contribution in [0.25, 0.3) is 0 Å². The van der Waals surface area contributed by atoms with Gasteiger partial charge in [-0.15, -0.1) is 0 Å². The van der Waals surface area contributed by atoms with Crippen LogP contribution < -0.4 is 5.14 Å². The Hall–Kier alpha value is -1.93. The molecule has 2 aliphatic rings. The van der Waals surface area contributed by atoms with Crippen LogP contribution in [0.3, 0.4) is 0 Å². The molecule has 0 heterocycles. The van der Waals surface area contributed by atoms with Gasteiger partial charge in [0.1, 0.15) is 0 Å². The van der Waals surface area contributed by atoms with Crippen molar-refractivity contribution >= 4 is 21.9 Å². The first-order valence-corrected chi connectivity index (χ1v) is 12.0. The van der Waals surface area contributed by atoms with Crippen molar-refractivity contribution in [2.45, 2.75) is 81.2 Å². The summed E-state index contributed by atoms with van der Waals surface area (Å²) in [7, 11) is -3.82. The summed E-state index contributed by atoms with van der Waals surface area (Å²) in [4.78, 5) is 27.3. The van der Waals surface area contributed by atoms with Crippen molar-refractivity contribution in [2.75, 3.05) is 6.61 Å². The zero-order valence-corrected chi connectivity index (χ0v) is 17.5. The SMILES string of the molecule is NS(=O)(=O)c1ccc(C(=O)OCC(=O)N(C2CCCCC2)C2CCCCC2)cc1. The van der Waals surface area contributed by atoms with Gasteiger partial charge in [0.05, 0.1) is 10.5 Å². The largest absolute Gasteiger partial charge is 0.452 e. The molecule has 0 aliphatic heterocycles. The fourth-order valence-electron chi connectivity index (χ4n) is 4.49. The minimum Gasteiger partial charge on any atom is -0.452 e. The van der Waals surface area contributed by atoms with Gasteiger partial charge in [-0.05, 0) is 49.9 Å². The second-order valence-electron chi connectivity index (χ2n) is 8.03. The quantitative estimate of drug-likeness (QED) is 0.709. The van der Waals surface area contributed by atoms with E-state index in [0.717, 1.165) is 51.4 Å². The van der Waals surface area contributed by atoms with Crippen molar-refractivity contribution in [1.29, 1.82) is 0 Å². The first-order valence-electron chi connectivity index (χ1n) is 10.5. The molecule has 2 N–H and O–H groups in total. The summed E-state index contributed by atoms with van der Waals surface area (Å²) >= 11 is 0. The fraction of sp³-hybridized carbons (Fsp3) is 0.619. The third-order valence-corrected chi connectivity index (χ3v) is 6.90. The predicted molar refractivity (Wildman–Crippen MR) is 109 cm³/mol. The molecule has 160 valence electrons. The summed E-state index contributed by atoms with van der Waals surface area (Å²) in [5.41, 5.74) is 0.187. The number of nitrogens with two attached hydrogens (primary N) is 1. The number of primary sulfonamides is 1. The molecule has 0 saturated heterocycles. The molecule has 0 bridgehead atoms. The summed E-state index contributed by atoms with van der Waals surface area (Å²) in [5.74, 6) is -0.773. The van der Waals surface area contributed by atoms with Gasteiger partial charge < -0.3 is 9.64 Å². The van der Waals surface area contributed by atoms with Crippen molar-refractivity contribution in [1.82, 2.24) is 4.90 Å². The first kappa shape index (κ1) is 21.8. The average molecular weight is 423 g/mol. The van der Waals surface area contributed by atoms with Gasteiger partial charge >= 0.3 is 5.97 Å². The van der Waals surface area contributed by atoms with Crippen molar-refractivity contribution in [2.24, 2.45) is 5.14 Å². The van der Waals surface area contributed by atoms with Crippen molar-refractivity contribution in [3.63, 3.8) is 0 Å². The molecular weight excluding hydrogens is 392 g/mol. The standard InChI is InChI=1S/C21H30N2O5S/c22-29(26,27)19-13-11-16(12-14-19)21(25)28-15-20(24)23(17-7-3-1-4-8-17)18-9-5-2-6-10-18/h11-14,17-18H,1-10,15H2,(H2,22,26,27). The molecule has 8 heteroatoms. The lowest BCUT2D eigenvalue weighted by Crippen LogP contribution is -2.50. The lowest BCUT2D eigenvalue weighted by Gasteiger charge is -2.41. The third kappa shape index (κ3) is 5.79. The summed E-state index contributed by atoms with van der Waals surface area (Å²) in [6, 6.07) is 5.67. The zero-order valence-electron chi connectivity index (χ0n) is 16.7. The van der Waals surface area contributed by atoms with E-state index in [-0.39, 0.29) is 35.1 Å². The Morgan fingerprint density at radius 1 is 0.897 bits per heavy atom. The lowest BCUT2D eigenvalue weighted by atomic mass is 9.88. The number of nitrogens with zero attached hydrogens (tertiary/aromatic N) is 1. The topological polar surface area (TPSA) is 107 Å². The molecule has 2 saturated carbocycles. The Balaban J connectivity index is 1.63. The van der Waals surface area contributed by atoms with E-state index in [0.29, 0.717) is 0 Å². The number of hydrogen-bond donors (Lipinski definition) is 1. The van der Waals surface area contributed by atoms with Gasteiger partial charge in [-0.1, -0.05) is 38.5 Å². The monoisotopic (exact) mass is 422 g/mol. The van der Waals surface area contributed by atoms with Crippen LogP contribution in [-0.2, 0) is 19.6 Å². The molecular formula is C21H30N2O5S. The summed E-state index contributed by atoms with van der Waals surface area (Å²) in [5, 5.41) is 5.06. The van der Waals surface area contributed by atoms with E-state index in [1.807, 2.05) is 4.90 Å². The average Bonchev–Trinajstić information content (AvgIpc) is 2.73. The number of hydrogen-bond acceptors (Lipinski definition) is 5. The Kier molecular flexibility index (Phi) is 7.29. The van der Waals surface area contributed by atoms with Gasteiger partial charge in [-0.2, -0.15) is 0 Å². The van der Waals surface area contributed by atoms with Crippen LogP contribution in [0.15, 0.2) is 29.2 Å². The summed E-state index contributed by atoms with van der Waals surface area (Å²) in [6.07, 6.45) is 11.1. The van der Waals surface area contributed by atoms with Gasteiger partial charge in [0, 0.05) is 12.1 Å². The van der Waals surface area contributed by atoms with Gasteiger partial charge in [-0.3, -0.25) is 4.79 Å². The molecule has 2 fully saturated rings. The molecule has 1 amide bonds. The van der Waals surface area contributed by atoms with Crippen molar-refractivity contribution in [3.8, 4) is 0 Å². The van der Waals surface area contributed by atoms with E-state index >= 15 is 0 Å². The summed E-state index contributed by atoms with van der Waals surface area (Å²) < 4.78 is 27.9. The fourth-order valence-corrected chi connectivity index (χ4v) is 5.01. The number of benzene rings is 1. The number of carbonyl (C=O) groups excluding carboxylic acids is 2. The molecule has 0 aromatic heterocycles. The third-order valence-electron chi connectivity index (χ3n) is 5.97. The van der Waals surface area contributed by atoms with Gasteiger partial charge in [0.15, 0.2) is 6.61 Å². The normalized spacial score (nSPS) is 18.9. The molecule has 1 aromatic rings. The molecule has 2 aliphatic carbocycles. The number of rotatable bonds is 6. The molecule has 0 unspecified atom stereocenters. The van der Waals surface area contributed by atoms with E-state index in [4.69, 9.17) is 9.88 Å². The molecule has 0 radical (unpaired) electrons. The van der Waals surface area contributed by atoms with E-state index < -0.39 is 16.0 Å². The second-order valence-corrected chi connectivity index (χ2v) is 9.59. The molecule has 7 nitrogen and oxygen atoms in total. The van der Waals surface area contributed by atoms with Crippen LogP contribution in [0.2, 0.25) is 0 Å². The molecule has 0 spiro atoms. The highest BCUT2D eigenvalue weighted by atomic mass is 32.2. The highest BCUT2D eigenvalue weighted by molar-refractivity contribution is 7.89. The van der Waals surface area contributed by atoms with Crippen molar-refractivity contribution in [3.05, 3.63) is 29.8 Å². The van der Waals surface area contributed by atoms with Crippen LogP contribution in [-0.4, -0.2) is 43.9 Å². The maximum Gasteiger partial charge on any atom is 0.338 e. The molecule has 3 rings (SSSR count). The van der Waals surface area contributed by atoms with Crippen LogP contribution in [0.5, 0.6) is 0 Å². The van der Waals surface area contributed by atoms with Crippen LogP contribution in [0, 0.1) is 0 Å². The summed E-state index contributed by atoms with van der Waals surface area (Å²) in [6.45, 7) is -0.289. The lowest BCUT2D eigenvalue weighted by molar-refractivity contribution is -0.141. The van der Waals surface area contributed by atoms with Crippen molar-refractivity contribution < 1.29 is 22.7 Å². The Morgan fingerprint density at radius 3 is 1.83 bits per heavy atom. The smallest absolute Gasteiger partial charge is 0.338 e. The second kappa shape index (κ2) is 9.71. The number of esters is 1. The first-order chi connectivity index (χ1) is 13.9. The minimum atomic E-state index is -3.82. The Bertz CT molecular complexity index is 792. The van der Waals surface area contributed by atoms with E-state index in [1.54, 1.807) is 0 Å². The number of amides is 1. The molecule has 29 heavy (non-hydrogen) atoms. The Morgan fingerprint density at radius 2 is 1.38 bits per heavy atom. The van der Waals surface area contributed by atoms with Gasteiger partial charge in [0.2, 0.25) is 10.0 Å². The van der Waals surface area contributed by atoms with Crippen LogP contribution in [0.1, 0.15) is 74.6 Å². The predicted octanol–water partition coefficient (Wildman–Crippen LogP) is 2.98. The molecule has 0 atom stereocenters. The van der Waals surface area contributed by atoms with Gasteiger partial charge in [-0.25, -0.2) is 18.4 Å². The number of sulfonamides is 1. The highest BCUT2D eigenvalue weighted by Gasteiger charge is 2.32. The maximum atomic E-state index is 13.0. The Labute approximate surface area is 172 Å². The number of ether oxygens (including phenoxy) is 1.